The molecule has 2 atom stereocenters. The number of hydrogen-bond donors (Lipinski definition) is 1. The lowest BCUT2D eigenvalue weighted by atomic mass is 9.99. The van der Waals surface area contributed by atoms with Gasteiger partial charge in [0.1, 0.15) is 5.82 Å². The van der Waals surface area contributed by atoms with E-state index in [9.17, 15) is 0 Å². The highest BCUT2D eigenvalue weighted by atomic mass is 16.5. The van der Waals surface area contributed by atoms with Crippen molar-refractivity contribution in [2.24, 2.45) is 5.92 Å². The molecule has 1 N–H and O–H groups in total. The summed E-state index contributed by atoms with van der Waals surface area (Å²) >= 11 is 0. The van der Waals surface area contributed by atoms with E-state index < -0.39 is 0 Å². The number of ether oxygens (including phenoxy) is 1. The van der Waals surface area contributed by atoms with Gasteiger partial charge in [0.2, 0.25) is 0 Å². The van der Waals surface area contributed by atoms with Crippen molar-refractivity contribution in [3.63, 3.8) is 0 Å². The second-order valence-electron chi connectivity index (χ2n) is 5.13. The van der Waals surface area contributed by atoms with E-state index >= 15 is 0 Å². The summed E-state index contributed by atoms with van der Waals surface area (Å²) in [5, 5.41) is 5.93. The molecule has 1 aliphatic rings. The van der Waals surface area contributed by atoms with Crippen LogP contribution in [0.3, 0.4) is 0 Å². The summed E-state index contributed by atoms with van der Waals surface area (Å²) in [4.78, 5) is 4.47. The van der Waals surface area contributed by atoms with Crippen LogP contribution in [-0.4, -0.2) is 24.2 Å². The zero-order valence-electron chi connectivity index (χ0n) is 11.3. The molecule has 1 aliphatic heterocycles. The molecule has 19 heavy (non-hydrogen) atoms. The molecule has 1 saturated heterocycles. The van der Waals surface area contributed by atoms with Crippen LogP contribution in [-0.2, 0) is 4.74 Å². The molecule has 3 heteroatoms. The van der Waals surface area contributed by atoms with E-state index in [1.54, 1.807) is 0 Å². The van der Waals surface area contributed by atoms with Crippen LogP contribution < -0.4 is 5.32 Å². The predicted molar refractivity (Wildman–Crippen MR) is 78.4 cm³/mol. The summed E-state index contributed by atoms with van der Waals surface area (Å²) in [5.74, 6) is 1.59. The highest BCUT2D eigenvalue weighted by Crippen LogP contribution is 2.25. The third-order valence-electron chi connectivity index (χ3n) is 3.95. The first-order valence-electron chi connectivity index (χ1n) is 7.07. The minimum absolute atomic E-state index is 0.405. The number of hydrogen-bond acceptors (Lipinski definition) is 3. The van der Waals surface area contributed by atoms with Gasteiger partial charge in [0, 0.05) is 30.7 Å². The second kappa shape index (κ2) is 5.57. The van der Waals surface area contributed by atoms with Gasteiger partial charge in [0.25, 0.3) is 0 Å². The SMILES string of the molecule is CCC1OCCC1CNc1nccc2ccccc12. The van der Waals surface area contributed by atoms with E-state index in [1.807, 2.05) is 12.3 Å². The molecule has 2 unspecified atom stereocenters. The molecular formula is C16H20N2O. The van der Waals surface area contributed by atoms with Crippen molar-refractivity contribution in [1.29, 1.82) is 0 Å². The fraction of sp³-hybridized carbons (Fsp3) is 0.438. The Morgan fingerprint density at radius 2 is 2.21 bits per heavy atom. The number of aromatic nitrogens is 1. The molecule has 0 aliphatic carbocycles. The summed E-state index contributed by atoms with van der Waals surface area (Å²) in [6.07, 6.45) is 4.51. The Morgan fingerprint density at radius 1 is 1.32 bits per heavy atom. The normalized spacial score (nSPS) is 22.8. The first kappa shape index (κ1) is 12.4. The largest absolute Gasteiger partial charge is 0.378 e. The fourth-order valence-corrected chi connectivity index (χ4v) is 2.87. The molecule has 3 rings (SSSR count). The van der Waals surface area contributed by atoms with E-state index in [2.05, 4.69) is 41.5 Å². The van der Waals surface area contributed by atoms with Crippen LogP contribution in [0.1, 0.15) is 19.8 Å². The maximum absolute atomic E-state index is 5.73. The Labute approximate surface area is 114 Å². The summed E-state index contributed by atoms with van der Waals surface area (Å²) in [7, 11) is 0. The van der Waals surface area contributed by atoms with Crippen molar-refractivity contribution in [3.05, 3.63) is 36.5 Å². The van der Waals surface area contributed by atoms with Gasteiger partial charge >= 0.3 is 0 Å². The van der Waals surface area contributed by atoms with Crippen molar-refractivity contribution in [3.8, 4) is 0 Å². The molecule has 0 bridgehead atoms. The highest BCUT2D eigenvalue weighted by molar-refractivity contribution is 5.91. The number of rotatable bonds is 4. The maximum atomic E-state index is 5.73. The van der Waals surface area contributed by atoms with Crippen LogP contribution in [0.2, 0.25) is 0 Å². The zero-order chi connectivity index (χ0) is 13.1. The number of nitrogens with zero attached hydrogens (tertiary/aromatic N) is 1. The average molecular weight is 256 g/mol. The standard InChI is InChI=1S/C16H20N2O/c1-2-15-13(8-10-19-15)11-18-16-14-6-4-3-5-12(14)7-9-17-16/h3-7,9,13,15H,2,8,10-11H2,1H3,(H,17,18). The molecule has 2 heterocycles. The van der Waals surface area contributed by atoms with Gasteiger partial charge < -0.3 is 10.1 Å². The lowest BCUT2D eigenvalue weighted by Crippen LogP contribution is -2.23. The minimum Gasteiger partial charge on any atom is -0.378 e. The van der Waals surface area contributed by atoms with Crippen molar-refractivity contribution in [1.82, 2.24) is 4.98 Å². The third-order valence-corrected chi connectivity index (χ3v) is 3.95. The van der Waals surface area contributed by atoms with E-state index in [0.29, 0.717) is 12.0 Å². The van der Waals surface area contributed by atoms with Crippen LogP contribution >= 0.6 is 0 Å². The lowest BCUT2D eigenvalue weighted by Gasteiger charge is -2.18. The molecule has 3 nitrogen and oxygen atoms in total. The van der Waals surface area contributed by atoms with Crippen LogP contribution in [0, 0.1) is 5.92 Å². The second-order valence-corrected chi connectivity index (χ2v) is 5.13. The molecule has 100 valence electrons. The van der Waals surface area contributed by atoms with Crippen LogP contribution in [0.15, 0.2) is 36.5 Å². The maximum Gasteiger partial charge on any atom is 0.133 e. The Balaban J connectivity index is 1.75. The number of pyridine rings is 1. The molecule has 1 aromatic carbocycles. The molecular weight excluding hydrogens is 236 g/mol. The molecule has 0 radical (unpaired) electrons. The summed E-state index contributed by atoms with van der Waals surface area (Å²) in [5.41, 5.74) is 0. The van der Waals surface area contributed by atoms with Gasteiger partial charge in [-0.25, -0.2) is 4.98 Å². The summed E-state index contributed by atoms with van der Waals surface area (Å²) in [6, 6.07) is 10.4. The third kappa shape index (κ3) is 2.56. The van der Waals surface area contributed by atoms with Crippen LogP contribution in [0.4, 0.5) is 5.82 Å². The number of benzene rings is 1. The van der Waals surface area contributed by atoms with E-state index in [1.165, 1.54) is 10.8 Å². The number of anilines is 1. The van der Waals surface area contributed by atoms with Gasteiger partial charge in [-0.2, -0.15) is 0 Å². The molecule has 2 aromatic rings. The van der Waals surface area contributed by atoms with E-state index in [-0.39, 0.29) is 0 Å². The van der Waals surface area contributed by atoms with Gasteiger partial charge in [0.05, 0.1) is 6.10 Å². The van der Waals surface area contributed by atoms with E-state index in [4.69, 9.17) is 4.74 Å². The van der Waals surface area contributed by atoms with Crippen molar-refractivity contribution in [2.45, 2.75) is 25.9 Å². The van der Waals surface area contributed by atoms with Crippen LogP contribution in [0.25, 0.3) is 10.8 Å². The number of fused-ring (bicyclic) bond motifs is 1. The minimum atomic E-state index is 0.405. The van der Waals surface area contributed by atoms with Crippen molar-refractivity contribution >= 4 is 16.6 Å². The topological polar surface area (TPSA) is 34.1 Å². The Hall–Kier alpha value is -1.61. The van der Waals surface area contributed by atoms with Crippen LogP contribution in [0.5, 0.6) is 0 Å². The zero-order valence-corrected chi connectivity index (χ0v) is 11.3. The smallest absolute Gasteiger partial charge is 0.133 e. The Morgan fingerprint density at radius 3 is 3.11 bits per heavy atom. The van der Waals surface area contributed by atoms with Gasteiger partial charge in [-0.3, -0.25) is 0 Å². The van der Waals surface area contributed by atoms with Crippen molar-refractivity contribution in [2.75, 3.05) is 18.5 Å². The average Bonchev–Trinajstić information content (AvgIpc) is 2.92. The summed E-state index contributed by atoms with van der Waals surface area (Å²) < 4.78 is 5.73. The Kier molecular flexibility index (Phi) is 3.65. The molecule has 0 saturated carbocycles. The molecule has 1 aromatic heterocycles. The first-order chi connectivity index (χ1) is 9.38. The fourth-order valence-electron chi connectivity index (χ4n) is 2.87. The first-order valence-corrected chi connectivity index (χ1v) is 7.07. The van der Waals surface area contributed by atoms with Gasteiger partial charge in [-0.15, -0.1) is 0 Å². The Bertz CT molecular complexity index is 550. The van der Waals surface area contributed by atoms with Gasteiger partial charge in [-0.05, 0) is 24.3 Å². The van der Waals surface area contributed by atoms with E-state index in [0.717, 1.165) is 31.8 Å². The number of nitrogens with one attached hydrogen (secondary N) is 1. The molecule has 1 fully saturated rings. The molecule has 0 amide bonds. The monoisotopic (exact) mass is 256 g/mol. The molecule has 0 spiro atoms. The van der Waals surface area contributed by atoms with Crippen molar-refractivity contribution < 1.29 is 4.74 Å². The predicted octanol–water partition coefficient (Wildman–Crippen LogP) is 3.46. The lowest BCUT2D eigenvalue weighted by molar-refractivity contribution is 0.0900. The highest BCUT2D eigenvalue weighted by Gasteiger charge is 2.26. The van der Waals surface area contributed by atoms with Gasteiger partial charge in [0.15, 0.2) is 0 Å². The quantitative estimate of drug-likeness (QED) is 0.909. The van der Waals surface area contributed by atoms with Gasteiger partial charge in [-0.1, -0.05) is 31.2 Å². The summed E-state index contributed by atoms with van der Waals surface area (Å²) in [6.45, 7) is 4.03.